The van der Waals surface area contributed by atoms with Gasteiger partial charge in [0.25, 0.3) is 0 Å². The van der Waals surface area contributed by atoms with E-state index in [9.17, 15) is 18.0 Å². The van der Waals surface area contributed by atoms with Crippen LogP contribution in [0.15, 0.2) is 18.2 Å². The molecule has 17 heavy (non-hydrogen) atoms. The van der Waals surface area contributed by atoms with Crippen molar-refractivity contribution in [2.24, 2.45) is 0 Å². The molecule has 2 nitrogen and oxygen atoms in total. The highest BCUT2D eigenvalue weighted by molar-refractivity contribution is 6.33. The summed E-state index contributed by atoms with van der Waals surface area (Å²) in [6.07, 6.45) is -4.47. The average molecular weight is 266 g/mol. The molecule has 1 rings (SSSR count). The number of aldehydes is 1. The molecule has 1 aromatic carbocycles. The first-order valence-electron chi connectivity index (χ1n) is 4.86. The van der Waals surface area contributed by atoms with Gasteiger partial charge in [0.2, 0.25) is 0 Å². The first-order chi connectivity index (χ1) is 7.83. The number of nitrogens with zero attached hydrogens (tertiary/aromatic N) is 1. The highest BCUT2D eigenvalue weighted by Gasteiger charge is 2.27. The van der Waals surface area contributed by atoms with Gasteiger partial charge in [0.05, 0.1) is 17.1 Å². The molecule has 0 spiro atoms. The van der Waals surface area contributed by atoms with Crippen molar-refractivity contribution >= 4 is 23.6 Å². The van der Waals surface area contributed by atoms with Gasteiger partial charge in [0.15, 0.2) is 0 Å². The maximum atomic E-state index is 12.0. The number of hydrogen-bond acceptors (Lipinski definition) is 2. The molecule has 0 saturated carbocycles. The van der Waals surface area contributed by atoms with Crippen LogP contribution in [-0.4, -0.2) is 26.1 Å². The van der Waals surface area contributed by atoms with Crippen molar-refractivity contribution in [2.75, 3.05) is 18.5 Å². The van der Waals surface area contributed by atoms with Crippen LogP contribution in [0.4, 0.5) is 18.9 Å². The molecular formula is C11H11ClF3NO. The molecule has 1 aromatic rings. The van der Waals surface area contributed by atoms with E-state index in [1.807, 2.05) is 0 Å². The monoisotopic (exact) mass is 265 g/mol. The Bertz CT molecular complexity index is 406. The molecule has 0 heterocycles. The number of alkyl halides is 3. The fourth-order valence-electron chi connectivity index (χ4n) is 1.32. The molecule has 0 aliphatic heterocycles. The van der Waals surface area contributed by atoms with Gasteiger partial charge >= 0.3 is 6.18 Å². The van der Waals surface area contributed by atoms with E-state index in [0.717, 1.165) is 0 Å². The zero-order valence-electron chi connectivity index (χ0n) is 9.09. The van der Waals surface area contributed by atoms with Gasteiger partial charge in [-0.25, -0.2) is 0 Å². The minimum Gasteiger partial charge on any atom is -0.373 e. The van der Waals surface area contributed by atoms with Crippen molar-refractivity contribution in [3.05, 3.63) is 28.8 Å². The van der Waals surface area contributed by atoms with Crippen LogP contribution in [0.3, 0.4) is 0 Å². The number of carbonyl (C=O) groups is 1. The van der Waals surface area contributed by atoms with E-state index >= 15 is 0 Å². The summed E-state index contributed by atoms with van der Waals surface area (Å²) in [5, 5.41) is 0.263. The third kappa shape index (κ3) is 4.26. The Balaban J connectivity index is 2.75. The van der Waals surface area contributed by atoms with Gasteiger partial charge in [-0.15, -0.1) is 0 Å². The summed E-state index contributed by atoms with van der Waals surface area (Å²) < 4.78 is 36.1. The summed E-state index contributed by atoms with van der Waals surface area (Å²) in [7, 11) is 1.52. The van der Waals surface area contributed by atoms with Crippen molar-refractivity contribution in [3.63, 3.8) is 0 Å². The third-order valence-corrected chi connectivity index (χ3v) is 2.55. The number of hydrogen-bond donors (Lipinski definition) is 0. The number of anilines is 1. The molecule has 0 fully saturated rings. The van der Waals surface area contributed by atoms with E-state index in [2.05, 4.69) is 0 Å². The Kier molecular flexibility index (Phi) is 4.40. The Morgan fingerprint density at radius 1 is 1.41 bits per heavy atom. The Labute approximate surface area is 102 Å². The van der Waals surface area contributed by atoms with E-state index in [-0.39, 0.29) is 11.6 Å². The van der Waals surface area contributed by atoms with Gasteiger partial charge in [-0.05, 0) is 18.2 Å². The van der Waals surface area contributed by atoms with Crippen molar-refractivity contribution in [1.29, 1.82) is 0 Å². The first-order valence-corrected chi connectivity index (χ1v) is 5.24. The van der Waals surface area contributed by atoms with Gasteiger partial charge in [0, 0.05) is 19.2 Å². The zero-order chi connectivity index (χ0) is 13.1. The maximum Gasteiger partial charge on any atom is 0.390 e. The molecule has 0 N–H and O–H groups in total. The van der Waals surface area contributed by atoms with Crippen LogP contribution in [-0.2, 0) is 0 Å². The van der Waals surface area contributed by atoms with Crippen LogP contribution in [0.5, 0.6) is 0 Å². The summed E-state index contributed by atoms with van der Waals surface area (Å²) in [4.78, 5) is 11.9. The van der Waals surface area contributed by atoms with E-state index in [0.29, 0.717) is 17.5 Å². The minimum atomic E-state index is -4.19. The lowest BCUT2D eigenvalue weighted by molar-refractivity contribution is -0.132. The predicted octanol–water partition coefficient (Wildman–Crippen LogP) is 3.54. The number of halogens is 4. The third-order valence-electron chi connectivity index (χ3n) is 2.25. The molecule has 0 amide bonds. The minimum absolute atomic E-state index is 0.177. The summed E-state index contributed by atoms with van der Waals surface area (Å²) >= 11 is 5.87. The van der Waals surface area contributed by atoms with Crippen LogP contribution in [0.1, 0.15) is 16.8 Å². The van der Waals surface area contributed by atoms with Crippen LogP contribution >= 0.6 is 11.6 Å². The smallest absolute Gasteiger partial charge is 0.373 e. The highest BCUT2D eigenvalue weighted by Crippen LogP contribution is 2.27. The van der Waals surface area contributed by atoms with Crippen LogP contribution in [0.2, 0.25) is 5.02 Å². The lowest BCUT2D eigenvalue weighted by atomic mass is 10.2. The normalized spacial score (nSPS) is 11.4. The summed E-state index contributed by atoms with van der Waals surface area (Å²) in [5.41, 5.74) is 0.865. The van der Waals surface area contributed by atoms with Crippen LogP contribution in [0.25, 0.3) is 0 Å². The lowest BCUT2D eigenvalue weighted by Gasteiger charge is -2.21. The Morgan fingerprint density at radius 2 is 2.06 bits per heavy atom. The fourth-order valence-corrected chi connectivity index (χ4v) is 1.65. The molecular weight excluding hydrogens is 255 g/mol. The Morgan fingerprint density at radius 3 is 2.53 bits per heavy atom. The molecule has 0 aromatic heterocycles. The molecule has 0 aliphatic carbocycles. The molecule has 0 bridgehead atoms. The maximum absolute atomic E-state index is 12.0. The van der Waals surface area contributed by atoms with Crippen molar-refractivity contribution in [1.82, 2.24) is 0 Å². The standard InChI is InChI=1S/C11H11ClF3NO/c1-16(5-4-11(13,14)15)10-3-2-8(7-17)6-9(10)12/h2-3,6-7H,4-5H2,1H3. The molecule has 0 atom stereocenters. The van der Waals surface area contributed by atoms with E-state index in [1.54, 1.807) is 0 Å². The second-order valence-corrected chi connectivity index (χ2v) is 4.02. The summed E-state index contributed by atoms with van der Waals surface area (Å²) in [6.45, 7) is -0.177. The topological polar surface area (TPSA) is 20.3 Å². The largest absolute Gasteiger partial charge is 0.390 e. The molecule has 0 saturated heterocycles. The van der Waals surface area contributed by atoms with Crippen LogP contribution in [0, 0.1) is 0 Å². The molecule has 0 unspecified atom stereocenters. The van der Waals surface area contributed by atoms with Gasteiger partial charge in [-0.1, -0.05) is 11.6 Å². The van der Waals surface area contributed by atoms with Crippen molar-refractivity contribution in [3.8, 4) is 0 Å². The second kappa shape index (κ2) is 5.40. The van der Waals surface area contributed by atoms with Crippen molar-refractivity contribution < 1.29 is 18.0 Å². The lowest BCUT2D eigenvalue weighted by Crippen LogP contribution is -2.24. The molecule has 6 heteroatoms. The number of carbonyl (C=O) groups excluding carboxylic acids is 1. The fraction of sp³-hybridized carbons (Fsp3) is 0.364. The average Bonchev–Trinajstić information content (AvgIpc) is 2.24. The summed E-state index contributed by atoms with van der Waals surface area (Å²) in [5.74, 6) is 0. The molecule has 0 radical (unpaired) electrons. The molecule has 0 aliphatic rings. The van der Waals surface area contributed by atoms with Gasteiger partial charge in [0.1, 0.15) is 6.29 Å². The SMILES string of the molecule is CN(CCC(F)(F)F)c1ccc(C=O)cc1Cl. The van der Waals surface area contributed by atoms with Gasteiger partial charge in [-0.2, -0.15) is 13.2 Å². The highest BCUT2D eigenvalue weighted by atomic mass is 35.5. The Hall–Kier alpha value is -1.23. The van der Waals surface area contributed by atoms with E-state index < -0.39 is 12.6 Å². The zero-order valence-corrected chi connectivity index (χ0v) is 9.85. The van der Waals surface area contributed by atoms with E-state index in [4.69, 9.17) is 11.6 Å². The van der Waals surface area contributed by atoms with Gasteiger partial charge in [-0.3, -0.25) is 4.79 Å². The second-order valence-electron chi connectivity index (χ2n) is 3.62. The molecule has 94 valence electrons. The van der Waals surface area contributed by atoms with Gasteiger partial charge < -0.3 is 4.90 Å². The van der Waals surface area contributed by atoms with Crippen molar-refractivity contribution in [2.45, 2.75) is 12.6 Å². The van der Waals surface area contributed by atoms with E-state index in [1.165, 1.54) is 30.1 Å². The quantitative estimate of drug-likeness (QED) is 0.776. The number of benzene rings is 1. The summed E-state index contributed by atoms with van der Waals surface area (Å²) in [6, 6.07) is 4.47. The first kappa shape index (κ1) is 13.8. The number of rotatable bonds is 4. The van der Waals surface area contributed by atoms with Crippen LogP contribution < -0.4 is 4.90 Å². The predicted molar refractivity (Wildman–Crippen MR) is 60.8 cm³/mol.